The molecule has 0 aromatic rings. The quantitative estimate of drug-likeness (QED) is 0.246. The summed E-state index contributed by atoms with van der Waals surface area (Å²) in [4.78, 5) is 9.97. The van der Waals surface area contributed by atoms with E-state index in [1.807, 2.05) is 0 Å². The van der Waals surface area contributed by atoms with Gasteiger partial charge in [0.05, 0.1) is 0 Å². The molecule has 1 heteroatoms. The van der Waals surface area contributed by atoms with Gasteiger partial charge in [-0.3, -0.25) is 0 Å². The van der Waals surface area contributed by atoms with Crippen LogP contribution in [0, 0.1) is 12.3 Å². The van der Waals surface area contributed by atoms with E-state index in [9.17, 15) is 4.79 Å². The first-order valence-electron chi connectivity index (χ1n) is 3.85. The molecule has 0 fully saturated rings. The highest BCUT2D eigenvalue weighted by Gasteiger charge is 1.92. The van der Waals surface area contributed by atoms with Crippen LogP contribution >= 0.6 is 0 Å². The topological polar surface area (TPSA) is 17.1 Å². The van der Waals surface area contributed by atoms with Crippen LogP contribution in [0.4, 0.5) is 0 Å². The number of unbranched alkanes of at least 4 members (excludes halogenated alkanes) is 1. The molecule has 0 N–H and O–H groups in total. The highest BCUT2D eigenvalue weighted by Crippen LogP contribution is 2.09. The Morgan fingerprint density at radius 2 is 2.27 bits per heavy atom. The molecule has 0 aromatic carbocycles. The summed E-state index contributed by atoms with van der Waals surface area (Å²) >= 11 is 0. The minimum absolute atomic E-state index is 0.592. The minimum Gasteiger partial charge on any atom is -0.303 e. The van der Waals surface area contributed by atoms with Crippen molar-refractivity contribution < 1.29 is 4.79 Å². The fraction of sp³-hybridized carbons (Fsp3) is 0.500. The minimum atomic E-state index is 0.592. The van der Waals surface area contributed by atoms with Crippen LogP contribution in [-0.2, 0) is 4.79 Å². The number of carbonyl (C=O) groups is 1. The fourth-order valence-electron chi connectivity index (χ4n) is 0.829. The smallest absolute Gasteiger partial charge is 0.120 e. The van der Waals surface area contributed by atoms with Gasteiger partial charge in [0.25, 0.3) is 0 Å². The van der Waals surface area contributed by atoms with Crippen LogP contribution in [-0.4, -0.2) is 6.29 Å². The lowest BCUT2D eigenvalue weighted by Gasteiger charge is -1.99. The van der Waals surface area contributed by atoms with E-state index < -0.39 is 0 Å². The van der Waals surface area contributed by atoms with Crippen molar-refractivity contribution in [3.63, 3.8) is 0 Å². The number of hydrogen-bond donors (Lipinski definition) is 0. The molecular weight excluding hydrogens is 136 g/mol. The molecule has 0 aliphatic heterocycles. The molecule has 0 aliphatic carbocycles. The predicted molar refractivity (Wildman–Crippen MR) is 47.1 cm³/mol. The Labute approximate surface area is 68.5 Å². The third kappa shape index (κ3) is 6.86. The predicted octanol–water partition coefficient (Wildman–Crippen LogP) is 2.33. The van der Waals surface area contributed by atoms with Gasteiger partial charge in [0, 0.05) is 12.8 Å². The second-order valence-electron chi connectivity index (χ2n) is 2.51. The van der Waals surface area contributed by atoms with Gasteiger partial charge in [-0.25, -0.2) is 0 Å². The average Bonchev–Trinajstić information content (AvgIpc) is 2.01. The summed E-state index contributed by atoms with van der Waals surface area (Å²) in [5, 5.41) is 0. The number of allylic oxidation sites excluding steroid dienone is 1. The summed E-state index contributed by atoms with van der Waals surface area (Å²) in [6, 6.07) is 0. The van der Waals surface area contributed by atoms with Gasteiger partial charge in [0.15, 0.2) is 0 Å². The van der Waals surface area contributed by atoms with Gasteiger partial charge < -0.3 is 4.79 Å². The summed E-state index contributed by atoms with van der Waals surface area (Å²) < 4.78 is 0. The Morgan fingerprint density at radius 1 is 1.55 bits per heavy atom. The molecule has 0 atom stereocenters. The van der Waals surface area contributed by atoms with E-state index in [0.29, 0.717) is 6.42 Å². The first kappa shape index (κ1) is 9.97. The fourth-order valence-corrected chi connectivity index (χ4v) is 0.829. The second-order valence-corrected chi connectivity index (χ2v) is 2.51. The Balaban J connectivity index is 3.24. The van der Waals surface area contributed by atoms with Gasteiger partial charge in [0.2, 0.25) is 0 Å². The molecule has 0 radical (unpaired) electrons. The monoisotopic (exact) mass is 150 g/mol. The van der Waals surface area contributed by atoms with Crippen LogP contribution in [0.2, 0.25) is 0 Å². The molecule has 0 amide bonds. The van der Waals surface area contributed by atoms with Crippen molar-refractivity contribution in [2.24, 2.45) is 0 Å². The largest absolute Gasteiger partial charge is 0.303 e. The third-order valence-corrected chi connectivity index (χ3v) is 1.47. The molecule has 0 saturated heterocycles. The molecule has 11 heavy (non-hydrogen) atoms. The standard InChI is InChI=1S/C10H14O/c1-3-4-5-7-10(2)8-6-9-11/h1,9H,2,4-8H2. The van der Waals surface area contributed by atoms with E-state index in [0.717, 1.165) is 37.5 Å². The van der Waals surface area contributed by atoms with Gasteiger partial charge in [-0.1, -0.05) is 12.2 Å². The van der Waals surface area contributed by atoms with E-state index in [4.69, 9.17) is 6.42 Å². The highest BCUT2D eigenvalue weighted by molar-refractivity contribution is 5.49. The van der Waals surface area contributed by atoms with Crippen molar-refractivity contribution in [1.29, 1.82) is 0 Å². The van der Waals surface area contributed by atoms with Crippen LogP contribution in [0.25, 0.3) is 0 Å². The molecule has 0 unspecified atom stereocenters. The zero-order valence-electron chi connectivity index (χ0n) is 6.81. The number of hydrogen-bond acceptors (Lipinski definition) is 1. The van der Waals surface area contributed by atoms with Crippen molar-refractivity contribution in [3.8, 4) is 12.3 Å². The van der Waals surface area contributed by atoms with Crippen molar-refractivity contribution >= 4 is 6.29 Å². The summed E-state index contributed by atoms with van der Waals surface area (Å²) in [6.07, 6.45) is 10.2. The first-order chi connectivity index (χ1) is 5.31. The Hall–Kier alpha value is -1.03. The van der Waals surface area contributed by atoms with Gasteiger partial charge in [-0.15, -0.1) is 12.3 Å². The first-order valence-corrected chi connectivity index (χ1v) is 3.85. The Morgan fingerprint density at radius 3 is 2.82 bits per heavy atom. The molecule has 0 saturated carbocycles. The van der Waals surface area contributed by atoms with Crippen LogP contribution in [0.5, 0.6) is 0 Å². The van der Waals surface area contributed by atoms with Crippen molar-refractivity contribution in [1.82, 2.24) is 0 Å². The normalized spacial score (nSPS) is 8.64. The van der Waals surface area contributed by atoms with Gasteiger partial charge in [-0.2, -0.15) is 0 Å². The molecule has 0 rings (SSSR count). The summed E-state index contributed by atoms with van der Waals surface area (Å²) in [5.41, 5.74) is 1.13. The zero-order valence-corrected chi connectivity index (χ0v) is 6.81. The van der Waals surface area contributed by atoms with Crippen LogP contribution in [0.3, 0.4) is 0 Å². The molecular formula is C10H14O. The Bertz CT molecular complexity index is 162. The summed E-state index contributed by atoms with van der Waals surface area (Å²) in [6.45, 7) is 3.84. The molecule has 0 aliphatic rings. The molecule has 0 spiro atoms. The van der Waals surface area contributed by atoms with Crippen molar-refractivity contribution in [2.75, 3.05) is 0 Å². The number of carbonyl (C=O) groups excluding carboxylic acids is 1. The van der Waals surface area contributed by atoms with E-state index in [2.05, 4.69) is 12.5 Å². The van der Waals surface area contributed by atoms with E-state index in [-0.39, 0.29) is 0 Å². The highest BCUT2D eigenvalue weighted by atomic mass is 16.1. The van der Waals surface area contributed by atoms with E-state index in [1.54, 1.807) is 0 Å². The number of aldehydes is 1. The zero-order chi connectivity index (χ0) is 8.53. The Kier molecular flexibility index (Phi) is 6.42. The molecule has 0 aromatic heterocycles. The van der Waals surface area contributed by atoms with Crippen LogP contribution in [0.15, 0.2) is 12.2 Å². The molecule has 0 bridgehead atoms. The number of rotatable bonds is 6. The van der Waals surface area contributed by atoms with E-state index in [1.165, 1.54) is 0 Å². The SMILES string of the molecule is C#CCCCC(=C)CCC=O. The third-order valence-electron chi connectivity index (χ3n) is 1.47. The maximum Gasteiger partial charge on any atom is 0.120 e. The van der Waals surface area contributed by atoms with Crippen LogP contribution < -0.4 is 0 Å². The molecule has 0 heterocycles. The van der Waals surface area contributed by atoms with Crippen molar-refractivity contribution in [3.05, 3.63) is 12.2 Å². The maximum atomic E-state index is 9.97. The van der Waals surface area contributed by atoms with Gasteiger partial charge in [0.1, 0.15) is 6.29 Å². The van der Waals surface area contributed by atoms with Crippen LogP contribution in [0.1, 0.15) is 32.1 Å². The van der Waals surface area contributed by atoms with E-state index >= 15 is 0 Å². The summed E-state index contributed by atoms with van der Waals surface area (Å²) in [5.74, 6) is 2.57. The second kappa shape index (κ2) is 7.08. The summed E-state index contributed by atoms with van der Waals surface area (Å²) in [7, 11) is 0. The lowest BCUT2D eigenvalue weighted by molar-refractivity contribution is -0.107. The van der Waals surface area contributed by atoms with Gasteiger partial charge in [-0.05, 0) is 19.3 Å². The van der Waals surface area contributed by atoms with Gasteiger partial charge >= 0.3 is 0 Å². The maximum absolute atomic E-state index is 9.97. The molecule has 60 valence electrons. The van der Waals surface area contributed by atoms with Crippen molar-refractivity contribution in [2.45, 2.75) is 32.1 Å². The average molecular weight is 150 g/mol. The lowest BCUT2D eigenvalue weighted by Crippen LogP contribution is -1.83. The molecule has 1 nitrogen and oxygen atoms in total. The lowest BCUT2D eigenvalue weighted by atomic mass is 10.1. The number of terminal acetylenes is 1.